The lowest BCUT2D eigenvalue weighted by Gasteiger charge is -2.08. The van der Waals surface area contributed by atoms with Crippen LogP contribution in [0, 0.1) is 11.3 Å². The molecule has 0 aliphatic rings. The van der Waals surface area contributed by atoms with E-state index in [1.807, 2.05) is 18.2 Å². The van der Waals surface area contributed by atoms with Crippen molar-refractivity contribution < 1.29 is 12.6 Å². The van der Waals surface area contributed by atoms with Gasteiger partial charge in [0.15, 0.2) is 5.75 Å². The van der Waals surface area contributed by atoms with E-state index in [1.54, 1.807) is 24.3 Å². The summed E-state index contributed by atoms with van der Waals surface area (Å²) >= 11 is 0. The second kappa shape index (κ2) is 4.07. The van der Waals surface area contributed by atoms with Gasteiger partial charge in [-0.2, -0.15) is 13.7 Å². The lowest BCUT2D eigenvalue weighted by atomic mass is 10.1. The number of fused-ring (bicyclic) bond motifs is 1. The fraction of sp³-hybridized carbons (Fsp3) is 0.0833. The Morgan fingerprint density at radius 3 is 2.53 bits per heavy atom. The molecule has 4 nitrogen and oxygen atoms in total. The number of benzene rings is 2. The summed E-state index contributed by atoms with van der Waals surface area (Å²) < 4.78 is 27.2. The third-order valence-electron chi connectivity index (χ3n) is 2.23. The molecule has 0 aliphatic carbocycles. The maximum absolute atomic E-state index is 11.2. The van der Waals surface area contributed by atoms with E-state index in [9.17, 15) is 8.42 Å². The molecule has 0 radical (unpaired) electrons. The summed E-state index contributed by atoms with van der Waals surface area (Å²) in [7, 11) is -3.65. The van der Waals surface area contributed by atoms with Gasteiger partial charge >= 0.3 is 10.1 Å². The van der Waals surface area contributed by atoms with Gasteiger partial charge in [0.25, 0.3) is 0 Å². The van der Waals surface area contributed by atoms with Crippen molar-refractivity contribution in [3.63, 3.8) is 0 Å². The van der Waals surface area contributed by atoms with Crippen LogP contribution < -0.4 is 4.18 Å². The van der Waals surface area contributed by atoms with E-state index in [0.717, 1.165) is 11.6 Å². The molecule has 0 spiro atoms. The molecule has 2 aromatic carbocycles. The minimum atomic E-state index is -3.65. The minimum absolute atomic E-state index is 0.0908. The SMILES string of the molecule is CS(=O)(=O)Oc1c(C#N)ccc2ccccc12. The highest BCUT2D eigenvalue weighted by atomic mass is 32.2. The highest BCUT2D eigenvalue weighted by molar-refractivity contribution is 7.86. The van der Waals surface area contributed by atoms with Gasteiger partial charge in [-0.15, -0.1) is 0 Å². The van der Waals surface area contributed by atoms with Crippen LogP contribution in [0.4, 0.5) is 0 Å². The molecule has 5 heteroatoms. The largest absolute Gasteiger partial charge is 0.381 e. The zero-order chi connectivity index (χ0) is 12.5. The van der Waals surface area contributed by atoms with Crippen LogP contribution in [-0.4, -0.2) is 14.7 Å². The summed E-state index contributed by atoms with van der Waals surface area (Å²) in [6.45, 7) is 0. The van der Waals surface area contributed by atoms with E-state index in [-0.39, 0.29) is 11.3 Å². The van der Waals surface area contributed by atoms with Crippen LogP contribution in [0.15, 0.2) is 36.4 Å². The Morgan fingerprint density at radius 2 is 1.88 bits per heavy atom. The Labute approximate surface area is 99.2 Å². The fourth-order valence-corrected chi connectivity index (χ4v) is 2.05. The van der Waals surface area contributed by atoms with Gasteiger partial charge in [0.1, 0.15) is 6.07 Å². The summed E-state index contributed by atoms with van der Waals surface area (Å²) in [5.74, 6) is 0.0908. The van der Waals surface area contributed by atoms with E-state index in [0.29, 0.717) is 5.39 Å². The first-order valence-electron chi connectivity index (χ1n) is 4.82. The zero-order valence-electron chi connectivity index (χ0n) is 9.04. The van der Waals surface area contributed by atoms with Crippen molar-refractivity contribution in [2.75, 3.05) is 6.26 Å². The highest BCUT2D eigenvalue weighted by Gasteiger charge is 2.13. The van der Waals surface area contributed by atoms with Crippen molar-refractivity contribution in [1.82, 2.24) is 0 Å². The smallest absolute Gasteiger partial charge is 0.306 e. The molecule has 0 aliphatic heterocycles. The lowest BCUT2D eigenvalue weighted by Crippen LogP contribution is -2.07. The summed E-state index contributed by atoms with van der Waals surface area (Å²) in [6, 6.07) is 12.4. The monoisotopic (exact) mass is 247 g/mol. The van der Waals surface area contributed by atoms with Crippen LogP contribution in [0.2, 0.25) is 0 Å². The van der Waals surface area contributed by atoms with Gasteiger partial charge in [0, 0.05) is 5.39 Å². The summed E-state index contributed by atoms with van der Waals surface area (Å²) in [4.78, 5) is 0. The molecule has 86 valence electrons. The standard InChI is InChI=1S/C12H9NO3S/c1-17(14,15)16-12-10(8-13)7-6-9-4-2-3-5-11(9)12/h2-7H,1H3. The number of hydrogen-bond donors (Lipinski definition) is 0. The minimum Gasteiger partial charge on any atom is -0.381 e. The first-order valence-corrected chi connectivity index (χ1v) is 6.64. The van der Waals surface area contributed by atoms with Gasteiger partial charge in [0.2, 0.25) is 0 Å². The van der Waals surface area contributed by atoms with E-state index < -0.39 is 10.1 Å². The molecule has 0 aromatic heterocycles. The van der Waals surface area contributed by atoms with Crippen LogP contribution in [0.5, 0.6) is 5.75 Å². The topological polar surface area (TPSA) is 67.2 Å². The molecule has 0 N–H and O–H groups in total. The average molecular weight is 247 g/mol. The van der Waals surface area contributed by atoms with Crippen molar-refractivity contribution in [3.05, 3.63) is 42.0 Å². The van der Waals surface area contributed by atoms with Crippen molar-refractivity contribution in [3.8, 4) is 11.8 Å². The summed E-state index contributed by atoms with van der Waals surface area (Å²) in [5.41, 5.74) is 0.203. The quantitative estimate of drug-likeness (QED) is 0.762. The predicted molar refractivity (Wildman–Crippen MR) is 64.1 cm³/mol. The Morgan fingerprint density at radius 1 is 1.18 bits per heavy atom. The predicted octanol–water partition coefficient (Wildman–Crippen LogP) is 2.05. The number of nitriles is 1. The normalized spacial score (nSPS) is 11.1. The van der Waals surface area contributed by atoms with Crippen molar-refractivity contribution >= 4 is 20.9 Å². The van der Waals surface area contributed by atoms with Crippen LogP contribution in [0.25, 0.3) is 10.8 Å². The Bertz CT molecular complexity index is 714. The Hall–Kier alpha value is -2.06. The molecule has 0 atom stereocenters. The van der Waals surface area contributed by atoms with Crippen LogP contribution in [-0.2, 0) is 10.1 Å². The second-order valence-corrected chi connectivity index (χ2v) is 5.14. The number of nitrogens with zero attached hydrogens (tertiary/aromatic N) is 1. The summed E-state index contributed by atoms with van der Waals surface area (Å²) in [6.07, 6.45) is 0.954. The number of rotatable bonds is 2. The van der Waals surface area contributed by atoms with Gasteiger partial charge in [-0.3, -0.25) is 0 Å². The first kappa shape index (κ1) is 11.4. The molecule has 0 bridgehead atoms. The highest BCUT2D eigenvalue weighted by Crippen LogP contribution is 2.30. The molecule has 2 aromatic rings. The lowest BCUT2D eigenvalue weighted by molar-refractivity contribution is 0.495. The van der Waals surface area contributed by atoms with Gasteiger partial charge in [-0.25, -0.2) is 0 Å². The molecule has 2 rings (SSSR count). The van der Waals surface area contributed by atoms with Crippen LogP contribution in [0.1, 0.15) is 5.56 Å². The van der Waals surface area contributed by atoms with Gasteiger partial charge in [-0.1, -0.05) is 30.3 Å². The number of hydrogen-bond acceptors (Lipinski definition) is 4. The van der Waals surface area contributed by atoms with E-state index in [1.165, 1.54) is 0 Å². The fourth-order valence-electron chi connectivity index (χ4n) is 1.57. The summed E-state index contributed by atoms with van der Waals surface area (Å²) in [5, 5.41) is 10.4. The molecule has 0 fully saturated rings. The van der Waals surface area contributed by atoms with Crippen molar-refractivity contribution in [2.45, 2.75) is 0 Å². The van der Waals surface area contributed by atoms with Gasteiger partial charge in [-0.05, 0) is 11.5 Å². The van der Waals surface area contributed by atoms with Crippen LogP contribution >= 0.6 is 0 Å². The van der Waals surface area contributed by atoms with E-state index in [4.69, 9.17) is 9.44 Å². The van der Waals surface area contributed by atoms with Crippen molar-refractivity contribution in [1.29, 1.82) is 5.26 Å². The van der Waals surface area contributed by atoms with E-state index in [2.05, 4.69) is 0 Å². The zero-order valence-corrected chi connectivity index (χ0v) is 9.86. The molecule has 0 saturated heterocycles. The molecule has 0 heterocycles. The third-order valence-corrected chi connectivity index (χ3v) is 2.70. The molecular weight excluding hydrogens is 238 g/mol. The molecular formula is C12H9NO3S. The molecule has 0 amide bonds. The van der Waals surface area contributed by atoms with Crippen LogP contribution in [0.3, 0.4) is 0 Å². The van der Waals surface area contributed by atoms with Crippen molar-refractivity contribution in [2.24, 2.45) is 0 Å². The van der Waals surface area contributed by atoms with E-state index >= 15 is 0 Å². The average Bonchev–Trinajstić information content (AvgIpc) is 2.28. The molecule has 0 saturated carbocycles. The maximum atomic E-state index is 11.2. The Balaban J connectivity index is 2.77. The van der Waals surface area contributed by atoms with Gasteiger partial charge < -0.3 is 4.18 Å². The molecule has 17 heavy (non-hydrogen) atoms. The Kier molecular flexibility index (Phi) is 2.74. The molecule has 0 unspecified atom stereocenters. The third kappa shape index (κ3) is 2.37. The first-order chi connectivity index (χ1) is 8.01. The second-order valence-electron chi connectivity index (χ2n) is 3.56. The maximum Gasteiger partial charge on any atom is 0.306 e. The van der Waals surface area contributed by atoms with Gasteiger partial charge in [0.05, 0.1) is 11.8 Å².